The highest BCUT2D eigenvalue weighted by Crippen LogP contribution is 2.16. The van der Waals surface area contributed by atoms with Gasteiger partial charge < -0.3 is 9.88 Å². The van der Waals surface area contributed by atoms with Crippen LogP contribution in [0.1, 0.15) is 12.1 Å². The summed E-state index contributed by atoms with van der Waals surface area (Å²) in [6.45, 7) is 3.45. The molecular weight excluding hydrogens is 324 g/mol. The summed E-state index contributed by atoms with van der Waals surface area (Å²) in [4.78, 5) is 8.50. The number of hydrogen-bond donors (Lipinski definition) is 2. The maximum Gasteiger partial charge on any atom is 0.209 e. The van der Waals surface area contributed by atoms with Gasteiger partial charge in [-0.15, -0.1) is 0 Å². The van der Waals surface area contributed by atoms with Crippen molar-refractivity contribution in [3.05, 3.63) is 36.4 Å². The largest absolute Gasteiger partial charge is 0.335 e. The summed E-state index contributed by atoms with van der Waals surface area (Å²) in [5, 5.41) is 14.6. The van der Waals surface area contributed by atoms with E-state index in [1.165, 1.54) is 11.7 Å². The lowest BCUT2D eigenvalue weighted by Gasteiger charge is -2.08. The summed E-state index contributed by atoms with van der Waals surface area (Å²) in [5.41, 5.74) is 3.60. The monoisotopic (exact) mass is 340 g/mol. The first kappa shape index (κ1) is 15.9. The maximum absolute atomic E-state index is 8.88. The molecule has 0 unspecified atom stereocenters. The Morgan fingerprint density at radius 1 is 1.38 bits per heavy atom. The molecule has 0 saturated heterocycles. The number of anilines is 1. The molecule has 3 rings (SSSR count). The fraction of sp³-hybridized carbons (Fsp3) is 0.267. The Morgan fingerprint density at radius 3 is 3.04 bits per heavy atom. The molecule has 122 valence electrons. The molecule has 1 aromatic carbocycles. The van der Waals surface area contributed by atoms with Crippen molar-refractivity contribution >= 4 is 34.4 Å². The van der Waals surface area contributed by atoms with Gasteiger partial charge in [0.2, 0.25) is 5.96 Å². The first-order chi connectivity index (χ1) is 11.8. The van der Waals surface area contributed by atoms with E-state index in [0.717, 1.165) is 35.4 Å². The zero-order valence-corrected chi connectivity index (χ0v) is 13.9. The van der Waals surface area contributed by atoms with E-state index in [9.17, 15) is 0 Å². The average molecular weight is 340 g/mol. The van der Waals surface area contributed by atoms with Crippen molar-refractivity contribution in [2.45, 2.75) is 19.9 Å². The maximum atomic E-state index is 8.88. The second kappa shape index (κ2) is 7.52. The fourth-order valence-corrected chi connectivity index (χ4v) is 2.73. The van der Waals surface area contributed by atoms with E-state index in [4.69, 9.17) is 5.26 Å². The number of hydrogen-bond acceptors (Lipinski definition) is 6. The molecule has 3 aromatic rings. The van der Waals surface area contributed by atoms with Gasteiger partial charge in [-0.3, -0.25) is 10.3 Å². The molecule has 2 aromatic heterocycles. The number of guanidine groups is 1. The first-order valence-corrected chi connectivity index (χ1v) is 8.15. The van der Waals surface area contributed by atoms with E-state index < -0.39 is 0 Å². The van der Waals surface area contributed by atoms with Crippen LogP contribution in [0.4, 0.5) is 5.69 Å². The van der Waals surface area contributed by atoms with Gasteiger partial charge in [-0.1, -0.05) is 0 Å². The number of nitrogens with one attached hydrogen (secondary N) is 2. The molecule has 0 aliphatic rings. The number of aryl methyl sites for hydroxylation is 2. The van der Waals surface area contributed by atoms with Gasteiger partial charge in [0.15, 0.2) is 6.19 Å². The van der Waals surface area contributed by atoms with Crippen LogP contribution >= 0.6 is 11.7 Å². The highest BCUT2D eigenvalue weighted by atomic mass is 32.1. The van der Waals surface area contributed by atoms with Crippen LogP contribution in [0.3, 0.4) is 0 Å². The number of fused-ring (bicyclic) bond motifs is 1. The molecule has 0 bridgehead atoms. The van der Waals surface area contributed by atoms with Crippen molar-refractivity contribution in [1.29, 1.82) is 5.26 Å². The molecule has 2 heterocycles. The molecule has 0 saturated carbocycles. The summed E-state index contributed by atoms with van der Waals surface area (Å²) in [5.74, 6) is 0.419. The highest BCUT2D eigenvalue weighted by molar-refractivity contribution is 7.00. The van der Waals surface area contributed by atoms with E-state index in [1.807, 2.05) is 43.8 Å². The van der Waals surface area contributed by atoms with Gasteiger partial charge in [0.1, 0.15) is 11.0 Å². The Hall–Kier alpha value is -2.99. The zero-order chi connectivity index (χ0) is 16.8. The molecule has 24 heavy (non-hydrogen) atoms. The third kappa shape index (κ3) is 3.85. The number of rotatable bonds is 5. The van der Waals surface area contributed by atoms with E-state index in [0.29, 0.717) is 12.5 Å². The summed E-state index contributed by atoms with van der Waals surface area (Å²) in [7, 11) is 0. The van der Waals surface area contributed by atoms with E-state index in [2.05, 4.69) is 33.9 Å². The average Bonchev–Trinajstić information content (AvgIpc) is 3.20. The molecule has 0 spiro atoms. The summed E-state index contributed by atoms with van der Waals surface area (Å²) >= 11 is 1.17. The Labute approximate surface area is 143 Å². The SMILES string of the molecule is Cc1cncn1CCCN=C(NC#N)Nc1ccc2nsnc2c1. The van der Waals surface area contributed by atoms with Crippen molar-refractivity contribution in [3.8, 4) is 6.19 Å². The van der Waals surface area contributed by atoms with Crippen LogP contribution in [-0.2, 0) is 6.54 Å². The fourth-order valence-electron chi connectivity index (χ4n) is 2.21. The van der Waals surface area contributed by atoms with Crippen molar-refractivity contribution in [3.63, 3.8) is 0 Å². The topological polar surface area (TPSA) is 104 Å². The Morgan fingerprint density at radius 2 is 2.25 bits per heavy atom. The summed E-state index contributed by atoms with van der Waals surface area (Å²) < 4.78 is 10.4. The second-order valence-electron chi connectivity index (χ2n) is 5.14. The molecule has 0 amide bonds. The van der Waals surface area contributed by atoms with Crippen molar-refractivity contribution in [2.75, 3.05) is 11.9 Å². The van der Waals surface area contributed by atoms with Gasteiger partial charge in [-0.25, -0.2) is 4.98 Å². The molecule has 0 atom stereocenters. The zero-order valence-electron chi connectivity index (χ0n) is 13.1. The number of benzene rings is 1. The lowest BCUT2D eigenvalue weighted by atomic mass is 10.3. The van der Waals surface area contributed by atoms with Crippen molar-refractivity contribution < 1.29 is 0 Å². The van der Waals surface area contributed by atoms with Crippen LogP contribution in [0.25, 0.3) is 11.0 Å². The normalized spacial score (nSPS) is 11.4. The number of aliphatic imine (C=N–C) groups is 1. The van der Waals surface area contributed by atoms with Gasteiger partial charge in [0, 0.05) is 30.7 Å². The van der Waals surface area contributed by atoms with E-state index in [1.54, 1.807) is 0 Å². The number of nitriles is 1. The second-order valence-corrected chi connectivity index (χ2v) is 5.67. The molecular formula is C15H16N8S. The molecule has 0 aliphatic carbocycles. The van der Waals surface area contributed by atoms with E-state index >= 15 is 0 Å². The van der Waals surface area contributed by atoms with Crippen molar-refractivity contribution in [2.24, 2.45) is 4.99 Å². The quantitative estimate of drug-likeness (QED) is 0.242. The van der Waals surface area contributed by atoms with Gasteiger partial charge in [0.05, 0.1) is 18.1 Å². The third-order valence-corrected chi connectivity index (χ3v) is 4.00. The van der Waals surface area contributed by atoms with Gasteiger partial charge in [0.25, 0.3) is 0 Å². The third-order valence-electron chi connectivity index (χ3n) is 3.44. The molecule has 0 radical (unpaired) electrons. The Bertz CT molecular complexity index is 888. The molecule has 9 heteroatoms. The Balaban J connectivity index is 1.60. The number of imidazole rings is 1. The minimum Gasteiger partial charge on any atom is -0.335 e. The van der Waals surface area contributed by atoms with Crippen LogP contribution in [0, 0.1) is 18.4 Å². The van der Waals surface area contributed by atoms with Gasteiger partial charge in [-0.05, 0) is 31.5 Å². The van der Waals surface area contributed by atoms with Gasteiger partial charge in [-0.2, -0.15) is 14.0 Å². The van der Waals surface area contributed by atoms with Crippen LogP contribution in [0.2, 0.25) is 0 Å². The first-order valence-electron chi connectivity index (χ1n) is 7.42. The minimum atomic E-state index is 0.419. The van der Waals surface area contributed by atoms with Crippen LogP contribution < -0.4 is 10.6 Å². The molecule has 0 fully saturated rings. The number of aromatic nitrogens is 4. The highest BCUT2D eigenvalue weighted by Gasteiger charge is 2.03. The Kier molecular flexibility index (Phi) is 4.98. The van der Waals surface area contributed by atoms with Crippen LogP contribution in [0.15, 0.2) is 35.7 Å². The van der Waals surface area contributed by atoms with Crippen LogP contribution in [-0.4, -0.2) is 30.8 Å². The predicted octanol–water partition coefficient (Wildman–Crippen LogP) is 2.13. The minimum absolute atomic E-state index is 0.419. The summed E-state index contributed by atoms with van der Waals surface area (Å²) in [6.07, 6.45) is 6.39. The number of nitrogens with zero attached hydrogens (tertiary/aromatic N) is 6. The molecule has 8 nitrogen and oxygen atoms in total. The van der Waals surface area contributed by atoms with Gasteiger partial charge >= 0.3 is 0 Å². The standard InChI is InChI=1S/C15H16N8S/c1-11-8-17-10-23(11)6-2-5-18-15(19-9-16)20-12-3-4-13-14(7-12)22-24-21-13/h3-4,7-8,10H,2,5-6H2,1H3,(H2,18,19,20). The lowest BCUT2D eigenvalue weighted by molar-refractivity contribution is 0.636. The summed E-state index contributed by atoms with van der Waals surface area (Å²) in [6, 6.07) is 5.64. The molecule has 2 N–H and O–H groups in total. The lowest BCUT2D eigenvalue weighted by Crippen LogP contribution is -2.27. The molecule has 0 aliphatic heterocycles. The van der Waals surface area contributed by atoms with Crippen molar-refractivity contribution in [1.82, 2.24) is 23.6 Å². The predicted molar refractivity (Wildman–Crippen MR) is 93.7 cm³/mol. The van der Waals surface area contributed by atoms with Crippen LogP contribution in [0.5, 0.6) is 0 Å². The van der Waals surface area contributed by atoms with E-state index in [-0.39, 0.29) is 0 Å². The smallest absolute Gasteiger partial charge is 0.209 e.